The Balaban J connectivity index is 2.15. The predicted octanol–water partition coefficient (Wildman–Crippen LogP) is 4.59. The first-order valence-corrected chi connectivity index (χ1v) is 14.3. The molecule has 0 aliphatic carbocycles. The normalized spacial score (nSPS) is 11.3. The second kappa shape index (κ2) is 14.5. The van der Waals surface area contributed by atoms with Crippen LogP contribution in [0.2, 0.25) is 0 Å². The second-order valence-corrected chi connectivity index (χ2v) is 10.4. The maximum Gasteiger partial charge on any atom is 0.357 e. The van der Waals surface area contributed by atoms with Gasteiger partial charge in [-0.2, -0.15) is 0 Å². The van der Waals surface area contributed by atoms with Crippen LogP contribution in [0.25, 0.3) is 0 Å². The quantitative estimate of drug-likeness (QED) is 0.354. The smallest absolute Gasteiger partial charge is 0.357 e. The van der Waals surface area contributed by atoms with E-state index in [-0.39, 0.29) is 33.7 Å². The molecule has 1 aromatic carbocycles. The first-order chi connectivity index (χ1) is 17.7. The topological polar surface area (TPSA) is 123 Å². The Kier molecular flexibility index (Phi) is 11.7. The number of unbranched alkanes of at least 4 members (excludes halogenated alkanes) is 2. The van der Waals surface area contributed by atoms with Gasteiger partial charge in [0.1, 0.15) is 11.8 Å². The van der Waals surface area contributed by atoms with Crippen molar-refractivity contribution >= 4 is 27.8 Å². The molecule has 9 nitrogen and oxygen atoms in total. The zero-order valence-electron chi connectivity index (χ0n) is 22.0. The molecular formula is C27H37N3O6S. The summed E-state index contributed by atoms with van der Waals surface area (Å²) in [6.07, 6.45) is 5.81. The molecule has 0 aliphatic heterocycles. The molecular weight excluding hydrogens is 494 g/mol. The van der Waals surface area contributed by atoms with Gasteiger partial charge in [-0.3, -0.25) is 9.59 Å². The summed E-state index contributed by atoms with van der Waals surface area (Å²) in [5.74, 6) is -1.76. The Labute approximate surface area is 219 Å². The fraction of sp³-hybridized carbons (Fsp3) is 0.481. The lowest BCUT2D eigenvalue weighted by atomic mass is 10.1. The molecule has 0 atom stereocenters. The average molecular weight is 532 g/mol. The first kappa shape index (κ1) is 30.0. The molecule has 37 heavy (non-hydrogen) atoms. The van der Waals surface area contributed by atoms with Crippen molar-refractivity contribution < 1.29 is 27.5 Å². The third-order valence-electron chi connectivity index (χ3n) is 5.89. The highest BCUT2D eigenvalue weighted by molar-refractivity contribution is 7.90. The summed E-state index contributed by atoms with van der Waals surface area (Å²) in [6, 6.07) is 8.26. The lowest BCUT2D eigenvalue weighted by Gasteiger charge is -2.22. The van der Waals surface area contributed by atoms with E-state index in [0.29, 0.717) is 25.9 Å². The Morgan fingerprint density at radius 1 is 0.946 bits per heavy atom. The summed E-state index contributed by atoms with van der Waals surface area (Å²) in [5.41, 5.74) is 0.220. The van der Waals surface area contributed by atoms with Crippen LogP contribution >= 0.6 is 0 Å². The summed E-state index contributed by atoms with van der Waals surface area (Å²) < 4.78 is 33.2. The highest BCUT2D eigenvalue weighted by Gasteiger charge is 2.23. The SMILES string of the molecule is CCCCN(CCCC)C(=O)c1cccc(S(=O)(=O)NC(=O)c2ccc(C(=O)OC(CC)CC)nc2)c1. The van der Waals surface area contributed by atoms with E-state index in [1.807, 2.05) is 32.4 Å². The van der Waals surface area contributed by atoms with E-state index in [1.54, 1.807) is 11.0 Å². The maximum absolute atomic E-state index is 13.1. The molecule has 1 N–H and O–H groups in total. The van der Waals surface area contributed by atoms with Crippen LogP contribution in [0.1, 0.15) is 97.4 Å². The van der Waals surface area contributed by atoms with Crippen LogP contribution in [-0.2, 0) is 14.8 Å². The van der Waals surface area contributed by atoms with Gasteiger partial charge in [0.25, 0.3) is 21.8 Å². The van der Waals surface area contributed by atoms with Crippen molar-refractivity contribution in [2.45, 2.75) is 77.2 Å². The van der Waals surface area contributed by atoms with Gasteiger partial charge in [0, 0.05) is 24.8 Å². The van der Waals surface area contributed by atoms with Crippen LogP contribution in [0.5, 0.6) is 0 Å². The zero-order valence-corrected chi connectivity index (χ0v) is 22.8. The van der Waals surface area contributed by atoms with Gasteiger partial charge in [-0.1, -0.05) is 46.6 Å². The maximum atomic E-state index is 13.1. The van der Waals surface area contributed by atoms with Gasteiger partial charge in [0.2, 0.25) is 0 Å². The van der Waals surface area contributed by atoms with Crippen molar-refractivity contribution in [1.29, 1.82) is 0 Å². The summed E-state index contributed by atoms with van der Waals surface area (Å²) in [5, 5.41) is 0. The molecule has 0 saturated heterocycles. The average Bonchev–Trinajstić information content (AvgIpc) is 2.91. The molecule has 2 rings (SSSR count). The van der Waals surface area contributed by atoms with Crippen LogP contribution < -0.4 is 4.72 Å². The largest absolute Gasteiger partial charge is 0.458 e. The van der Waals surface area contributed by atoms with Gasteiger partial charge in [-0.25, -0.2) is 22.9 Å². The molecule has 0 saturated carbocycles. The van der Waals surface area contributed by atoms with Gasteiger partial charge in [-0.05, 0) is 56.0 Å². The molecule has 2 aromatic rings. The molecule has 0 spiro atoms. The van der Waals surface area contributed by atoms with Gasteiger partial charge in [0.15, 0.2) is 0 Å². The van der Waals surface area contributed by atoms with Gasteiger partial charge in [0.05, 0.1) is 10.5 Å². The number of hydrogen-bond acceptors (Lipinski definition) is 7. The summed E-state index contributed by atoms with van der Waals surface area (Å²) in [6.45, 7) is 9.09. The van der Waals surface area contributed by atoms with Gasteiger partial charge < -0.3 is 9.64 Å². The van der Waals surface area contributed by atoms with E-state index in [0.717, 1.165) is 31.9 Å². The van der Waals surface area contributed by atoms with Crippen LogP contribution in [0.4, 0.5) is 0 Å². The first-order valence-electron chi connectivity index (χ1n) is 12.8. The van der Waals surface area contributed by atoms with Crippen LogP contribution in [0, 0.1) is 0 Å². The minimum atomic E-state index is -4.26. The van der Waals surface area contributed by atoms with Crippen molar-refractivity contribution in [2.75, 3.05) is 13.1 Å². The number of amides is 2. The van der Waals surface area contributed by atoms with Crippen molar-refractivity contribution in [2.24, 2.45) is 0 Å². The molecule has 10 heteroatoms. The van der Waals surface area contributed by atoms with E-state index >= 15 is 0 Å². The number of benzene rings is 1. The molecule has 1 aromatic heterocycles. The second-order valence-electron chi connectivity index (χ2n) is 8.74. The standard InChI is InChI=1S/C27H37N3O6S/c1-5-9-16-30(17-10-6-2)26(32)20-12-11-13-23(18-20)37(34,35)29-25(31)21-14-15-24(28-19-21)27(33)36-22(7-3)8-4/h11-15,18-19,22H,5-10,16-17H2,1-4H3,(H,29,31). The minimum Gasteiger partial charge on any atom is -0.458 e. The van der Waals surface area contributed by atoms with Crippen molar-refractivity contribution in [3.8, 4) is 0 Å². The molecule has 0 aliphatic rings. The zero-order chi connectivity index (χ0) is 27.4. The number of esters is 1. The van der Waals surface area contributed by atoms with Crippen LogP contribution in [0.15, 0.2) is 47.5 Å². The Morgan fingerprint density at radius 2 is 1.59 bits per heavy atom. The van der Waals surface area contributed by atoms with Crippen LogP contribution in [0.3, 0.4) is 0 Å². The lowest BCUT2D eigenvalue weighted by Crippen LogP contribution is -2.33. The predicted molar refractivity (Wildman–Crippen MR) is 141 cm³/mol. The Morgan fingerprint density at radius 3 is 2.14 bits per heavy atom. The number of carbonyl (C=O) groups excluding carboxylic acids is 3. The fourth-order valence-corrected chi connectivity index (χ4v) is 4.57. The third-order valence-corrected chi connectivity index (χ3v) is 7.22. The third kappa shape index (κ3) is 8.66. The number of hydrogen-bond donors (Lipinski definition) is 1. The van der Waals surface area contributed by atoms with Crippen molar-refractivity contribution in [3.05, 3.63) is 59.4 Å². The molecule has 0 unspecified atom stereocenters. The number of nitrogens with one attached hydrogen (secondary N) is 1. The molecule has 2 amide bonds. The lowest BCUT2D eigenvalue weighted by molar-refractivity contribution is 0.0277. The number of pyridine rings is 1. The van der Waals surface area contributed by atoms with Crippen molar-refractivity contribution in [3.63, 3.8) is 0 Å². The number of nitrogens with zero attached hydrogens (tertiary/aromatic N) is 2. The summed E-state index contributed by atoms with van der Waals surface area (Å²) >= 11 is 0. The summed E-state index contributed by atoms with van der Waals surface area (Å²) in [4.78, 5) is 43.4. The summed E-state index contributed by atoms with van der Waals surface area (Å²) in [7, 11) is -4.26. The van der Waals surface area contributed by atoms with Crippen LogP contribution in [-0.4, -0.2) is 55.3 Å². The highest BCUT2D eigenvalue weighted by Crippen LogP contribution is 2.16. The van der Waals surface area contributed by atoms with E-state index in [1.165, 1.54) is 30.3 Å². The number of sulfonamides is 1. The molecule has 1 heterocycles. The number of carbonyl (C=O) groups is 3. The minimum absolute atomic E-state index is 0.0215. The number of aromatic nitrogens is 1. The monoisotopic (exact) mass is 531 g/mol. The van der Waals surface area contributed by atoms with E-state index < -0.39 is 21.9 Å². The van der Waals surface area contributed by atoms with E-state index in [4.69, 9.17) is 4.74 Å². The van der Waals surface area contributed by atoms with Crippen molar-refractivity contribution in [1.82, 2.24) is 14.6 Å². The molecule has 0 radical (unpaired) electrons. The Bertz CT molecular complexity index is 1150. The molecule has 202 valence electrons. The van der Waals surface area contributed by atoms with E-state index in [9.17, 15) is 22.8 Å². The highest BCUT2D eigenvalue weighted by atomic mass is 32.2. The van der Waals surface area contributed by atoms with E-state index in [2.05, 4.69) is 4.98 Å². The Hall–Kier alpha value is -3.27. The van der Waals surface area contributed by atoms with Gasteiger partial charge >= 0.3 is 5.97 Å². The molecule has 0 fully saturated rings. The fourth-order valence-electron chi connectivity index (χ4n) is 3.55. The van der Waals surface area contributed by atoms with Gasteiger partial charge in [-0.15, -0.1) is 0 Å². The number of ether oxygens (including phenoxy) is 1. The number of rotatable bonds is 14. The molecule has 0 bridgehead atoms.